The van der Waals surface area contributed by atoms with Crippen molar-refractivity contribution in [3.8, 4) is 23.8 Å². The van der Waals surface area contributed by atoms with Crippen LogP contribution in [-0.2, 0) is 7.05 Å². The van der Waals surface area contributed by atoms with Crippen molar-refractivity contribution in [1.82, 2.24) is 4.57 Å². The predicted molar refractivity (Wildman–Crippen MR) is 61.4 cm³/mol. The molecule has 2 rings (SSSR count). The molecule has 0 amide bonds. The van der Waals surface area contributed by atoms with Crippen LogP contribution in [0.25, 0.3) is 0 Å². The normalized spacial score (nSPS) is 9.35. The highest BCUT2D eigenvalue weighted by molar-refractivity contribution is 5.49. The first-order chi connectivity index (χ1) is 8.24. The lowest BCUT2D eigenvalue weighted by molar-refractivity contribution is 0.442. The second-order valence-electron chi connectivity index (χ2n) is 3.49. The van der Waals surface area contributed by atoms with Crippen molar-refractivity contribution < 1.29 is 4.74 Å². The van der Waals surface area contributed by atoms with E-state index in [0.717, 1.165) is 0 Å². The Morgan fingerprint density at radius 3 is 2.59 bits per heavy atom. The highest BCUT2D eigenvalue weighted by Gasteiger charge is 2.07. The van der Waals surface area contributed by atoms with Gasteiger partial charge in [-0.15, -0.1) is 0 Å². The molecule has 4 nitrogen and oxygen atoms in total. The van der Waals surface area contributed by atoms with Crippen LogP contribution in [0.5, 0.6) is 11.6 Å². The first kappa shape index (κ1) is 10.8. The largest absolute Gasteiger partial charge is 0.439 e. The third-order valence-electron chi connectivity index (χ3n) is 2.34. The first-order valence-electron chi connectivity index (χ1n) is 4.98. The zero-order valence-electron chi connectivity index (χ0n) is 9.21. The number of nitriles is 2. The number of aryl methyl sites for hydroxylation is 1. The van der Waals surface area contributed by atoms with Gasteiger partial charge in [-0.25, -0.2) is 0 Å². The van der Waals surface area contributed by atoms with E-state index in [2.05, 4.69) is 0 Å². The zero-order chi connectivity index (χ0) is 12.3. The summed E-state index contributed by atoms with van der Waals surface area (Å²) in [6.45, 7) is 0. The Kier molecular flexibility index (Phi) is 2.81. The van der Waals surface area contributed by atoms with Crippen molar-refractivity contribution in [2.24, 2.45) is 7.05 Å². The van der Waals surface area contributed by atoms with Gasteiger partial charge in [0.25, 0.3) is 0 Å². The number of nitrogens with zero attached hydrogens (tertiary/aromatic N) is 3. The van der Waals surface area contributed by atoms with Gasteiger partial charge in [0.15, 0.2) is 5.88 Å². The van der Waals surface area contributed by atoms with Crippen LogP contribution in [0.3, 0.4) is 0 Å². The summed E-state index contributed by atoms with van der Waals surface area (Å²) in [5.74, 6) is 1.10. The van der Waals surface area contributed by atoms with Gasteiger partial charge in [0.1, 0.15) is 11.8 Å². The van der Waals surface area contributed by atoms with Crippen molar-refractivity contribution in [2.45, 2.75) is 0 Å². The van der Waals surface area contributed by atoms with E-state index >= 15 is 0 Å². The molecule has 0 saturated carbocycles. The Morgan fingerprint density at radius 1 is 1.18 bits per heavy atom. The van der Waals surface area contributed by atoms with Crippen molar-refractivity contribution >= 4 is 0 Å². The fraction of sp³-hybridized carbons (Fsp3) is 0.0769. The highest BCUT2D eigenvalue weighted by atomic mass is 16.5. The molecular formula is C13H9N3O. The van der Waals surface area contributed by atoms with Crippen LogP contribution in [-0.4, -0.2) is 4.57 Å². The van der Waals surface area contributed by atoms with Crippen LogP contribution in [0.2, 0.25) is 0 Å². The molecule has 0 aliphatic rings. The average molecular weight is 223 g/mol. The van der Waals surface area contributed by atoms with E-state index in [-0.39, 0.29) is 0 Å². The minimum atomic E-state index is 0.352. The van der Waals surface area contributed by atoms with Gasteiger partial charge in [-0.05, 0) is 24.3 Å². The van der Waals surface area contributed by atoms with E-state index in [4.69, 9.17) is 15.3 Å². The molecule has 4 heteroatoms. The molecule has 0 spiro atoms. The van der Waals surface area contributed by atoms with E-state index in [0.29, 0.717) is 22.8 Å². The van der Waals surface area contributed by atoms with Gasteiger partial charge in [0.2, 0.25) is 0 Å². The summed E-state index contributed by atoms with van der Waals surface area (Å²) in [6, 6.07) is 12.4. The van der Waals surface area contributed by atoms with Crippen LogP contribution in [0.15, 0.2) is 36.5 Å². The minimum Gasteiger partial charge on any atom is -0.439 e. The zero-order valence-corrected chi connectivity index (χ0v) is 9.21. The topological polar surface area (TPSA) is 61.7 Å². The van der Waals surface area contributed by atoms with Gasteiger partial charge >= 0.3 is 0 Å². The Labute approximate surface area is 98.9 Å². The van der Waals surface area contributed by atoms with E-state index in [1.807, 2.05) is 31.4 Å². The molecule has 0 fully saturated rings. The second-order valence-corrected chi connectivity index (χ2v) is 3.49. The molecule has 17 heavy (non-hydrogen) atoms. The van der Waals surface area contributed by atoms with Crippen LogP contribution in [0.1, 0.15) is 11.1 Å². The average Bonchev–Trinajstić information content (AvgIpc) is 2.75. The summed E-state index contributed by atoms with van der Waals surface area (Å²) in [6.07, 6.45) is 1.85. The quantitative estimate of drug-likeness (QED) is 0.786. The predicted octanol–water partition coefficient (Wildman–Crippen LogP) is 2.56. The molecule has 2 aromatic rings. The van der Waals surface area contributed by atoms with Gasteiger partial charge in [-0.1, -0.05) is 0 Å². The van der Waals surface area contributed by atoms with Crippen LogP contribution >= 0.6 is 0 Å². The SMILES string of the molecule is Cn1cccc1Oc1ccc(C#N)cc1C#N. The molecular weight excluding hydrogens is 214 g/mol. The minimum absolute atomic E-state index is 0.352. The van der Waals surface area contributed by atoms with E-state index in [9.17, 15) is 0 Å². The monoisotopic (exact) mass is 223 g/mol. The second kappa shape index (κ2) is 4.42. The molecule has 0 aliphatic carbocycles. The summed E-state index contributed by atoms with van der Waals surface area (Å²) < 4.78 is 7.41. The third-order valence-corrected chi connectivity index (χ3v) is 2.34. The van der Waals surface area contributed by atoms with Crippen molar-refractivity contribution in [3.63, 3.8) is 0 Å². The fourth-order valence-corrected chi connectivity index (χ4v) is 1.44. The Morgan fingerprint density at radius 2 is 2.00 bits per heavy atom. The number of hydrogen-bond acceptors (Lipinski definition) is 3. The summed E-state index contributed by atoms with van der Waals surface area (Å²) in [7, 11) is 1.85. The van der Waals surface area contributed by atoms with Crippen molar-refractivity contribution in [1.29, 1.82) is 10.5 Å². The van der Waals surface area contributed by atoms with Crippen LogP contribution in [0, 0.1) is 22.7 Å². The molecule has 0 atom stereocenters. The molecule has 82 valence electrons. The van der Waals surface area contributed by atoms with Crippen LogP contribution < -0.4 is 4.74 Å². The van der Waals surface area contributed by atoms with Gasteiger partial charge in [-0.3, -0.25) is 0 Å². The smallest absolute Gasteiger partial charge is 0.199 e. The molecule has 0 saturated heterocycles. The number of ether oxygens (including phenoxy) is 1. The molecule has 0 aliphatic heterocycles. The molecule has 0 N–H and O–H groups in total. The van der Waals surface area contributed by atoms with E-state index in [1.54, 1.807) is 22.8 Å². The third kappa shape index (κ3) is 2.11. The molecule has 0 bridgehead atoms. The number of aromatic nitrogens is 1. The molecule has 0 radical (unpaired) electrons. The summed E-state index contributed by atoms with van der Waals surface area (Å²) in [5.41, 5.74) is 0.797. The highest BCUT2D eigenvalue weighted by Crippen LogP contribution is 2.25. The maximum Gasteiger partial charge on any atom is 0.199 e. The van der Waals surface area contributed by atoms with Crippen molar-refractivity contribution in [3.05, 3.63) is 47.7 Å². The summed E-state index contributed by atoms with van der Waals surface area (Å²) >= 11 is 0. The lowest BCUT2D eigenvalue weighted by Gasteiger charge is -2.07. The summed E-state index contributed by atoms with van der Waals surface area (Å²) in [5, 5.41) is 17.7. The maximum atomic E-state index is 8.99. The Bertz CT molecular complexity index is 629. The van der Waals surface area contributed by atoms with Crippen LogP contribution in [0.4, 0.5) is 0 Å². The standard InChI is InChI=1S/C13H9N3O/c1-16-6-2-3-13(16)17-12-5-4-10(8-14)7-11(12)9-15/h2-7H,1H3. The molecule has 0 unspecified atom stereocenters. The lowest BCUT2D eigenvalue weighted by Crippen LogP contribution is -1.94. The van der Waals surface area contributed by atoms with Gasteiger partial charge in [-0.2, -0.15) is 10.5 Å². The molecule has 1 aromatic carbocycles. The van der Waals surface area contributed by atoms with Gasteiger partial charge in [0.05, 0.1) is 17.2 Å². The lowest BCUT2D eigenvalue weighted by atomic mass is 10.1. The molecule has 1 aromatic heterocycles. The number of benzene rings is 1. The van der Waals surface area contributed by atoms with Crippen molar-refractivity contribution in [2.75, 3.05) is 0 Å². The fourth-order valence-electron chi connectivity index (χ4n) is 1.44. The van der Waals surface area contributed by atoms with E-state index < -0.39 is 0 Å². The first-order valence-corrected chi connectivity index (χ1v) is 4.98. The number of hydrogen-bond donors (Lipinski definition) is 0. The van der Waals surface area contributed by atoms with Gasteiger partial charge in [0, 0.05) is 19.3 Å². The maximum absolute atomic E-state index is 8.99. The van der Waals surface area contributed by atoms with E-state index in [1.165, 1.54) is 6.07 Å². The summed E-state index contributed by atoms with van der Waals surface area (Å²) in [4.78, 5) is 0. The molecule has 1 heterocycles. The van der Waals surface area contributed by atoms with Gasteiger partial charge < -0.3 is 9.30 Å². The Hall–Kier alpha value is -2.72. The Balaban J connectivity index is 2.38. The number of rotatable bonds is 2.